The number of nitriles is 1. The van der Waals surface area contributed by atoms with Crippen LogP contribution in [0.5, 0.6) is 0 Å². The molecule has 13 heavy (non-hydrogen) atoms. The van der Waals surface area contributed by atoms with Crippen LogP contribution in [0.3, 0.4) is 0 Å². The quantitative estimate of drug-likeness (QED) is 0.767. The van der Waals surface area contributed by atoms with Crippen molar-refractivity contribution in [1.82, 2.24) is 0 Å². The summed E-state index contributed by atoms with van der Waals surface area (Å²) >= 11 is 4.57. The van der Waals surface area contributed by atoms with Crippen LogP contribution in [-0.2, 0) is 4.74 Å². The maximum absolute atomic E-state index is 11.2. The number of halogens is 1. The number of carbonyl (C=O) groups is 1. The Bertz CT molecular complexity index is 367. The summed E-state index contributed by atoms with van der Waals surface area (Å²) in [4.78, 5) is 11.8. The zero-order chi connectivity index (χ0) is 9.84. The molecule has 1 aromatic rings. The van der Waals surface area contributed by atoms with Gasteiger partial charge in [0.2, 0.25) is 0 Å². The number of thiophene rings is 1. The van der Waals surface area contributed by atoms with Crippen molar-refractivity contribution in [3.05, 3.63) is 20.3 Å². The van der Waals surface area contributed by atoms with Crippen molar-refractivity contribution in [2.75, 3.05) is 6.61 Å². The van der Waals surface area contributed by atoms with Gasteiger partial charge < -0.3 is 4.74 Å². The minimum Gasteiger partial charge on any atom is -0.446 e. The molecule has 1 aromatic heterocycles. The van der Waals surface area contributed by atoms with E-state index in [-0.39, 0.29) is 6.61 Å². The Balaban J connectivity index is 2.78. The molecule has 0 amide bonds. The van der Waals surface area contributed by atoms with E-state index in [0.29, 0.717) is 4.88 Å². The summed E-state index contributed by atoms with van der Waals surface area (Å²) in [5.41, 5.74) is 0.994. The SMILES string of the molecule is Cc1csc(C(=O)OCC#N)c1Br. The fraction of sp³-hybridized carbons (Fsp3) is 0.250. The van der Waals surface area contributed by atoms with Gasteiger partial charge in [0.25, 0.3) is 0 Å². The van der Waals surface area contributed by atoms with Gasteiger partial charge in [-0.25, -0.2) is 4.79 Å². The molecule has 0 aliphatic carbocycles. The Morgan fingerprint density at radius 3 is 3.00 bits per heavy atom. The lowest BCUT2D eigenvalue weighted by molar-refractivity contribution is 0.0559. The summed E-state index contributed by atoms with van der Waals surface area (Å²) in [6, 6.07) is 1.74. The highest BCUT2D eigenvalue weighted by atomic mass is 79.9. The number of carbonyl (C=O) groups excluding carboxylic acids is 1. The molecule has 0 saturated carbocycles. The van der Waals surface area contributed by atoms with E-state index < -0.39 is 5.97 Å². The van der Waals surface area contributed by atoms with Gasteiger partial charge in [-0.1, -0.05) is 0 Å². The molecule has 5 heteroatoms. The van der Waals surface area contributed by atoms with Crippen molar-refractivity contribution < 1.29 is 9.53 Å². The highest BCUT2D eigenvalue weighted by Crippen LogP contribution is 2.28. The highest BCUT2D eigenvalue weighted by Gasteiger charge is 2.14. The van der Waals surface area contributed by atoms with Crippen LogP contribution in [0, 0.1) is 18.3 Å². The van der Waals surface area contributed by atoms with Gasteiger partial charge in [-0.2, -0.15) is 5.26 Å². The van der Waals surface area contributed by atoms with Gasteiger partial charge in [-0.3, -0.25) is 0 Å². The molecular weight excluding hydrogens is 254 g/mol. The van der Waals surface area contributed by atoms with Crippen molar-refractivity contribution in [3.8, 4) is 6.07 Å². The Morgan fingerprint density at radius 2 is 2.54 bits per heavy atom. The molecular formula is C8H6BrNO2S. The number of aryl methyl sites for hydroxylation is 1. The van der Waals surface area contributed by atoms with Gasteiger partial charge in [0.05, 0.1) is 0 Å². The van der Waals surface area contributed by atoms with Crippen molar-refractivity contribution in [3.63, 3.8) is 0 Å². The van der Waals surface area contributed by atoms with E-state index in [2.05, 4.69) is 20.7 Å². The minimum absolute atomic E-state index is 0.206. The standard InChI is InChI=1S/C8H6BrNO2S/c1-5-4-13-7(6(5)9)8(11)12-3-2-10/h4H,3H2,1H3. The van der Waals surface area contributed by atoms with E-state index in [1.807, 2.05) is 12.3 Å². The fourth-order valence-corrected chi connectivity index (χ4v) is 2.27. The van der Waals surface area contributed by atoms with Gasteiger partial charge in [0.1, 0.15) is 10.9 Å². The molecule has 0 bridgehead atoms. The molecule has 3 nitrogen and oxygen atoms in total. The van der Waals surface area contributed by atoms with Crippen LogP contribution in [0.2, 0.25) is 0 Å². The van der Waals surface area contributed by atoms with E-state index in [9.17, 15) is 4.79 Å². The van der Waals surface area contributed by atoms with Crippen LogP contribution in [0.1, 0.15) is 15.2 Å². The average molecular weight is 260 g/mol. The lowest BCUT2D eigenvalue weighted by atomic mass is 10.3. The van der Waals surface area contributed by atoms with Crippen LogP contribution in [0.25, 0.3) is 0 Å². The molecule has 0 aromatic carbocycles. The summed E-state index contributed by atoms with van der Waals surface area (Å²) in [7, 11) is 0. The topological polar surface area (TPSA) is 50.1 Å². The number of ether oxygens (including phenoxy) is 1. The average Bonchev–Trinajstić information content (AvgIpc) is 2.44. The van der Waals surface area contributed by atoms with Crippen LogP contribution in [-0.4, -0.2) is 12.6 Å². The van der Waals surface area contributed by atoms with E-state index in [0.717, 1.165) is 10.0 Å². The predicted octanol–water partition coefficient (Wildman–Crippen LogP) is 2.50. The van der Waals surface area contributed by atoms with Crippen molar-refractivity contribution in [1.29, 1.82) is 5.26 Å². The molecule has 0 radical (unpaired) electrons. The molecule has 68 valence electrons. The fourth-order valence-electron chi connectivity index (χ4n) is 0.731. The van der Waals surface area contributed by atoms with Gasteiger partial charge in [0, 0.05) is 4.47 Å². The lowest BCUT2D eigenvalue weighted by Crippen LogP contribution is -2.03. The first-order valence-electron chi connectivity index (χ1n) is 3.44. The van der Waals surface area contributed by atoms with E-state index in [1.165, 1.54) is 11.3 Å². The first-order valence-corrected chi connectivity index (χ1v) is 5.11. The molecule has 0 aliphatic rings. The number of nitrogens with zero attached hydrogens (tertiary/aromatic N) is 1. The summed E-state index contributed by atoms with van der Waals surface area (Å²) < 4.78 is 5.40. The number of hydrogen-bond acceptors (Lipinski definition) is 4. The highest BCUT2D eigenvalue weighted by molar-refractivity contribution is 9.10. The molecule has 0 aliphatic heterocycles. The van der Waals surface area contributed by atoms with Gasteiger partial charge in [-0.05, 0) is 33.8 Å². The lowest BCUT2D eigenvalue weighted by Gasteiger charge is -1.97. The molecule has 0 unspecified atom stereocenters. The molecule has 0 spiro atoms. The van der Waals surface area contributed by atoms with E-state index in [4.69, 9.17) is 5.26 Å². The smallest absolute Gasteiger partial charge is 0.350 e. The molecule has 0 saturated heterocycles. The molecule has 1 rings (SSSR count). The first kappa shape index (κ1) is 10.2. The van der Waals surface area contributed by atoms with Crippen molar-refractivity contribution in [2.45, 2.75) is 6.92 Å². The molecule has 1 heterocycles. The molecule has 0 fully saturated rings. The van der Waals surface area contributed by atoms with Crippen LogP contribution in [0.4, 0.5) is 0 Å². The van der Waals surface area contributed by atoms with Gasteiger partial charge in [-0.15, -0.1) is 11.3 Å². The normalized spacial score (nSPS) is 9.31. The third-order valence-electron chi connectivity index (χ3n) is 1.35. The van der Waals surface area contributed by atoms with Gasteiger partial charge in [0.15, 0.2) is 6.61 Å². The third kappa shape index (κ3) is 2.29. The monoisotopic (exact) mass is 259 g/mol. The molecule has 0 N–H and O–H groups in total. The predicted molar refractivity (Wildman–Crippen MR) is 52.7 cm³/mol. The second-order valence-corrected chi connectivity index (χ2v) is 3.97. The second kappa shape index (κ2) is 4.40. The zero-order valence-electron chi connectivity index (χ0n) is 6.83. The minimum atomic E-state index is -0.452. The number of rotatable bonds is 2. The second-order valence-electron chi connectivity index (χ2n) is 2.30. The molecule has 0 atom stereocenters. The summed E-state index contributed by atoms with van der Waals surface area (Å²) in [6.07, 6.45) is 0. The number of hydrogen-bond donors (Lipinski definition) is 0. The third-order valence-corrected chi connectivity index (χ3v) is 3.71. The summed E-state index contributed by atoms with van der Waals surface area (Å²) in [5, 5.41) is 10.1. The maximum atomic E-state index is 11.2. The van der Waals surface area contributed by atoms with Crippen LogP contribution < -0.4 is 0 Å². The van der Waals surface area contributed by atoms with Crippen LogP contribution in [0.15, 0.2) is 9.85 Å². The summed E-state index contributed by atoms with van der Waals surface area (Å²) in [6.45, 7) is 1.68. The zero-order valence-corrected chi connectivity index (χ0v) is 9.24. The largest absolute Gasteiger partial charge is 0.446 e. The summed E-state index contributed by atoms with van der Waals surface area (Å²) in [5.74, 6) is -0.452. The van der Waals surface area contributed by atoms with Crippen LogP contribution >= 0.6 is 27.3 Å². The maximum Gasteiger partial charge on any atom is 0.350 e. The van der Waals surface area contributed by atoms with Crippen molar-refractivity contribution >= 4 is 33.2 Å². The van der Waals surface area contributed by atoms with Gasteiger partial charge >= 0.3 is 5.97 Å². The Labute approximate surface area is 88.1 Å². The Kier molecular flexibility index (Phi) is 3.46. The van der Waals surface area contributed by atoms with E-state index in [1.54, 1.807) is 6.07 Å². The van der Waals surface area contributed by atoms with E-state index >= 15 is 0 Å². The Hall–Kier alpha value is -0.860. The number of esters is 1. The Morgan fingerprint density at radius 1 is 1.85 bits per heavy atom. The van der Waals surface area contributed by atoms with Crippen molar-refractivity contribution in [2.24, 2.45) is 0 Å². The first-order chi connectivity index (χ1) is 6.16.